The van der Waals surface area contributed by atoms with Crippen molar-refractivity contribution in [3.8, 4) is 5.75 Å². The summed E-state index contributed by atoms with van der Waals surface area (Å²) in [7, 11) is 0. The number of ether oxygens (including phenoxy) is 1. The zero-order valence-corrected chi connectivity index (χ0v) is 12.2. The Morgan fingerprint density at radius 3 is 2.89 bits per heavy atom. The summed E-state index contributed by atoms with van der Waals surface area (Å²) in [5.41, 5.74) is 2.69. The fourth-order valence-corrected chi connectivity index (χ4v) is 2.80. The fraction of sp³-hybridized carbons (Fsp3) is 0.250. The van der Waals surface area contributed by atoms with Crippen LogP contribution in [0.25, 0.3) is 0 Å². The van der Waals surface area contributed by atoms with Crippen LogP contribution in [-0.2, 0) is 6.42 Å². The molecule has 0 amide bonds. The predicted octanol–water partition coefficient (Wildman–Crippen LogP) is 4.25. The van der Waals surface area contributed by atoms with E-state index in [4.69, 9.17) is 4.74 Å². The van der Waals surface area contributed by atoms with Crippen LogP contribution in [0.1, 0.15) is 12.0 Å². The molecule has 1 N–H and O–H groups in total. The van der Waals surface area contributed by atoms with Crippen LogP contribution in [0, 0.1) is 0 Å². The van der Waals surface area contributed by atoms with E-state index in [2.05, 4.69) is 45.5 Å². The summed E-state index contributed by atoms with van der Waals surface area (Å²) in [6.07, 6.45) is 2.11. The van der Waals surface area contributed by atoms with Gasteiger partial charge in [-0.1, -0.05) is 40.2 Å². The van der Waals surface area contributed by atoms with Gasteiger partial charge in [0.2, 0.25) is 0 Å². The minimum atomic E-state index is 0.490. The summed E-state index contributed by atoms with van der Waals surface area (Å²) in [5.74, 6) is 0.921. The van der Waals surface area contributed by atoms with Gasteiger partial charge in [0, 0.05) is 22.6 Å². The first-order valence-electron chi connectivity index (χ1n) is 6.54. The van der Waals surface area contributed by atoms with Crippen molar-refractivity contribution < 1.29 is 4.74 Å². The quantitative estimate of drug-likeness (QED) is 0.910. The van der Waals surface area contributed by atoms with Gasteiger partial charge in [-0.25, -0.2) is 0 Å². The Hall–Kier alpha value is -1.48. The van der Waals surface area contributed by atoms with Crippen LogP contribution in [0.4, 0.5) is 5.69 Å². The molecule has 0 spiro atoms. The Balaban J connectivity index is 1.50. The number of hydrogen-bond acceptors (Lipinski definition) is 2. The van der Waals surface area contributed by atoms with Crippen molar-refractivity contribution >= 4 is 21.6 Å². The predicted molar refractivity (Wildman–Crippen MR) is 81.8 cm³/mol. The van der Waals surface area contributed by atoms with Gasteiger partial charge in [0.15, 0.2) is 0 Å². The number of para-hydroxylation sites is 1. The van der Waals surface area contributed by atoms with E-state index in [0.717, 1.165) is 29.7 Å². The first-order valence-corrected chi connectivity index (χ1v) is 7.33. The van der Waals surface area contributed by atoms with Crippen LogP contribution in [-0.4, -0.2) is 12.6 Å². The van der Waals surface area contributed by atoms with Crippen molar-refractivity contribution in [2.45, 2.75) is 18.9 Å². The number of halogens is 1. The standard InChI is InChI=1S/C16H16BrNO/c17-13-5-3-6-15(11-13)19-9-8-14-10-12-4-1-2-7-16(12)18-14/h1-7,11,14,18H,8-10H2. The largest absolute Gasteiger partial charge is 0.493 e. The lowest BCUT2D eigenvalue weighted by Gasteiger charge is -2.12. The summed E-state index contributed by atoms with van der Waals surface area (Å²) in [6, 6.07) is 17.0. The lowest BCUT2D eigenvalue weighted by Crippen LogP contribution is -2.18. The zero-order chi connectivity index (χ0) is 13.1. The molecule has 3 rings (SSSR count). The Morgan fingerprint density at radius 1 is 1.16 bits per heavy atom. The molecule has 0 aromatic heterocycles. The number of anilines is 1. The van der Waals surface area contributed by atoms with Gasteiger partial charge >= 0.3 is 0 Å². The van der Waals surface area contributed by atoms with Gasteiger partial charge in [-0.15, -0.1) is 0 Å². The van der Waals surface area contributed by atoms with Crippen LogP contribution in [0.15, 0.2) is 53.0 Å². The highest BCUT2D eigenvalue weighted by atomic mass is 79.9. The molecule has 2 nitrogen and oxygen atoms in total. The molecule has 0 aliphatic carbocycles. The third kappa shape index (κ3) is 3.10. The van der Waals surface area contributed by atoms with Crippen molar-refractivity contribution in [1.29, 1.82) is 0 Å². The second kappa shape index (κ2) is 5.66. The van der Waals surface area contributed by atoms with Crippen LogP contribution in [0.5, 0.6) is 5.75 Å². The smallest absolute Gasteiger partial charge is 0.120 e. The van der Waals surface area contributed by atoms with Gasteiger partial charge in [0.05, 0.1) is 6.61 Å². The summed E-state index contributed by atoms with van der Waals surface area (Å²) in [4.78, 5) is 0. The van der Waals surface area contributed by atoms with Gasteiger partial charge in [-0.3, -0.25) is 0 Å². The van der Waals surface area contributed by atoms with Crippen LogP contribution in [0.2, 0.25) is 0 Å². The van der Waals surface area contributed by atoms with E-state index in [0.29, 0.717) is 6.04 Å². The molecule has 98 valence electrons. The molecule has 1 aliphatic rings. The highest BCUT2D eigenvalue weighted by molar-refractivity contribution is 9.10. The van der Waals surface area contributed by atoms with Gasteiger partial charge in [-0.05, 0) is 36.2 Å². The average Bonchev–Trinajstić information content (AvgIpc) is 2.81. The summed E-state index contributed by atoms with van der Waals surface area (Å²) in [5, 5.41) is 3.54. The molecule has 0 bridgehead atoms. The van der Waals surface area contributed by atoms with Crippen LogP contribution >= 0.6 is 15.9 Å². The van der Waals surface area contributed by atoms with Gasteiger partial charge in [-0.2, -0.15) is 0 Å². The Bertz CT molecular complexity index is 545. The number of rotatable bonds is 4. The Morgan fingerprint density at radius 2 is 2.05 bits per heavy atom. The van der Waals surface area contributed by atoms with Crippen molar-refractivity contribution in [1.82, 2.24) is 0 Å². The molecular formula is C16H16BrNO. The van der Waals surface area contributed by atoms with Crippen LogP contribution < -0.4 is 10.1 Å². The average molecular weight is 318 g/mol. The van der Waals surface area contributed by atoms with Gasteiger partial charge in [0.25, 0.3) is 0 Å². The van der Waals surface area contributed by atoms with E-state index in [-0.39, 0.29) is 0 Å². The first kappa shape index (κ1) is 12.5. The maximum Gasteiger partial charge on any atom is 0.120 e. The monoisotopic (exact) mass is 317 g/mol. The molecule has 19 heavy (non-hydrogen) atoms. The molecular weight excluding hydrogens is 302 g/mol. The highest BCUT2D eigenvalue weighted by Gasteiger charge is 2.19. The molecule has 0 radical (unpaired) electrons. The maximum atomic E-state index is 5.78. The molecule has 0 fully saturated rings. The molecule has 1 aliphatic heterocycles. The first-order chi connectivity index (χ1) is 9.31. The van der Waals surface area contributed by atoms with Crippen molar-refractivity contribution in [3.05, 3.63) is 58.6 Å². The van der Waals surface area contributed by atoms with Crippen molar-refractivity contribution in [2.75, 3.05) is 11.9 Å². The summed E-state index contributed by atoms with van der Waals surface area (Å²) >= 11 is 3.45. The summed E-state index contributed by atoms with van der Waals surface area (Å²) in [6.45, 7) is 0.738. The molecule has 0 saturated heterocycles. The SMILES string of the molecule is Brc1cccc(OCCC2Cc3ccccc3N2)c1. The van der Waals surface area contributed by atoms with E-state index < -0.39 is 0 Å². The van der Waals surface area contributed by atoms with E-state index in [1.165, 1.54) is 11.3 Å². The second-order valence-electron chi connectivity index (χ2n) is 4.80. The molecule has 1 heterocycles. The molecule has 2 aromatic carbocycles. The third-order valence-electron chi connectivity index (χ3n) is 3.37. The lowest BCUT2D eigenvalue weighted by molar-refractivity contribution is 0.302. The molecule has 1 atom stereocenters. The fourth-order valence-electron chi connectivity index (χ4n) is 2.43. The minimum Gasteiger partial charge on any atom is -0.493 e. The normalized spacial score (nSPS) is 16.8. The van der Waals surface area contributed by atoms with Crippen molar-refractivity contribution in [2.24, 2.45) is 0 Å². The minimum absolute atomic E-state index is 0.490. The molecule has 3 heteroatoms. The lowest BCUT2D eigenvalue weighted by atomic mass is 10.1. The van der Waals surface area contributed by atoms with E-state index in [1.54, 1.807) is 0 Å². The number of fused-ring (bicyclic) bond motifs is 1. The van der Waals surface area contributed by atoms with E-state index >= 15 is 0 Å². The van der Waals surface area contributed by atoms with Gasteiger partial charge in [0.1, 0.15) is 5.75 Å². The topological polar surface area (TPSA) is 21.3 Å². The number of nitrogens with one attached hydrogen (secondary N) is 1. The van der Waals surface area contributed by atoms with Crippen LogP contribution in [0.3, 0.4) is 0 Å². The highest BCUT2D eigenvalue weighted by Crippen LogP contribution is 2.26. The molecule has 1 unspecified atom stereocenters. The Kier molecular flexibility index (Phi) is 3.74. The number of benzene rings is 2. The molecule has 0 saturated carbocycles. The zero-order valence-electron chi connectivity index (χ0n) is 10.6. The maximum absolute atomic E-state index is 5.78. The summed E-state index contributed by atoms with van der Waals surface area (Å²) < 4.78 is 6.83. The molecule has 2 aromatic rings. The van der Waals surface area contributed by atoms with E-state index in [1.807, 2.05) is 24.3 Å². The third-order valence-corrected chi connectivity index (χ3v) is 3.87. The van der Waals surface area contributed by atoms with Crippen molar-refractivity contribution in [3.63, 3.8) is 0 Å². The Labute approximate surface area is 121 Å². The van der Waals surface area contributed by atoms with E-state index in [9.17, 15) is 0 Å². The van der Waals surface area contributed by atoms with Gasteiger partial charge < -0.3 is 10.1 Å². The number of hydrogen-bond donors (Lipinski definition) is 1. The second-order valence-corrected chi connectivity index (χ2v) is 5.71.